The number of aliphatic hydroxyl groups is 1. The molecule has 0 aromatic heterocycles. The van der Waals surface area contributed by atoms with Crippen LogP contribution in [0.25, 0.3) is 0 Å². The Hall–Kier alpha value is -0.120. The Bertz CT molecular complexity index is 258. The molecule has 0 amide bonds. The molecule has 0 bridgehead atoms. The molecule has 0 aromatic carbocycles. The highest BCUT2D eigenvalue weighted by Gasteiger charge is 2.47. The summed E-state index contributed by atoms with van der Waals surface area (Å²) in [7, 11) is 0. The third kappa shape index (κ3) is 1.69. The molecular formula is C13H24N2O. The Labute approximate surface area is 97.8 Å². The molecule has 5 unspecified atom stereocenters. The first-order chi connectivity index (χ1) is 7.77. The first-order valence-corrected chi connectivity index (χ1v) is 6.97. The smallest absolute Gasteiger partial charge is 0.0598 e. The van der Waals surface area contributed by atoms with Crippen LogP contribution in [-0.2, 0) is 0 Å². The van der Waals surface area contributed by atoms with E-state index in [1.165, 1.54) is 32.1 Å². The van der Waals surface area contributed by atoms with E-state index < -0.39 is 0 Å². The molecule has 92 valence electrons. The summed E-state index contributed by atoms with van der Waals surface area (Å²) in [5.41, 5.74) is 6.43. The first-order valence-electron chi connectivity index (χ1n) is 6.97. The molecule has 6 atom stereocenters. The molecule has 1 aliphatic heterocycles. The zero-order valence-corrected chi connectivity index (χ0v) is 9.94. The maximum absolute atomic E-state index is 10.1. The van der Waals surface area contributed by atoms with Crippen molar-refractivity contribution in [3.05, 3.63) is 0 Å². The van der Waals surface area contributed by atoms with Crippen molar-refractivity contribution in [1.29, 1.82) is 0 Å². The lowest BCUT2D eigenvalue weighted by atomic mass is 9.65. The molecule has 16 heavy (non-hydrogen) atoms. The fourth-order valence-corrected chi connectivity index (χ4v) is 4.31. The van der Waals surface area contributed by atoms with Gasteiger partial charge in [-0.3, -0.25) is 0 Å². The number of hydrogen-bond acceptors (Lipinski definition) is 3. The Balaban J connectivity index is 1.79. The highest BCUT2D eigenvalue weighted by atomic mass is 16.3. The lowest BCUT2D eigenvalue weighted by Crippen LogP contribution is -2.66. The molecule has 4 N–H and O–H groups in total. The molecule has 2 aliphatic carbocycles. The fourth-order valence-electron chi connectivity index (χ4n) is 4.31. The van der Waals surface area contributed by atoms with Crippen molar-refractivity contribution in [2.45, 2.75) is 69.2 Å². The van der Waals surface area contributed by atoms with Crippen molar-refractivity contribution in [3.63, 3.8) is 0 Å². The fraction of sp³-hybridized carbons (Fsp3) is 1.00. The van der Waals surface area contributed by atoms with Gasteiger partial charge in [-0.1, -0.05) is 12.8 Å². The van der Waals surface area contributed by atoms with Crippen molar-refractivity contribution >= 4 is 0 Å². The van der Waals surface area contributed by atoms with Crippen molar-refractivity contribution in [3.8, 4) is 0 Å². The topological polar surface area (TPSA) is 58.3 Å². The van der Waals surface area contributed by atoms with Crippen molar-refractivity contribution in [2.24, 2.45) is 17.6 Å². The zero-order chi connectivity index (χ0) is 11.1. The Kier molecular flexibility index (Phi) is 2.94. The number of hydrogen-bond donors (Lipinski definition) is 3. The summed E-state index contributed by atoms with van der Waals surface area (Å²) in [4.78, 5) is 0. The maximum Gasteiger partial charge on any atom is 0.0598 e. The van der Waals surface area contributed by atoms with E-state index in [0.717, 1.165) is 12.8 Å². The SMILES string of the molecule is NC1C2CCCCC2NC2CCC[C@H](O)C21. The number of nitrogens with two attached hydrogens (primary N) is 1. The summed E-state index contributed by atoms with van der Waals surface area (Å²) in [6, 6.07) is 1.35. The van der Waals surface area contributed by atoms with Crippen LogP contribution < -0.4 is 11.1 Å². The number of piperidine rings is 1. The Morgan fingerprint density at radius 1 is 0.938 bits per heavy atom. The predicted octanol–water partition coefficient (Wildman–Crippen LogP) is 1.01. The standard InChI is InChI=1S/C13H24N2O/c14-13-8-4-1-2-5-9(8)15-10-6-3-7-11(16)12(10)13/h8-13,15-16H,1-7,14H2/t8?,9?,10?,11-,12?,13?/m0/s1. The van der Waals surface area contributed by atoms with Crippen LogP contribution in [0.3, 0.4) is 0 Å². The molecular weight excluding hydrogens is 200 g/mol. The van der Waals surface area contributed by atoms with Gasteiger partial charge in [-0.2, -0.15) is 0 Å². The summed E-state index contributed by atoms with van der Waals surface area (Å²) in [5, 5.41) is 13.9. The molecule has 3 nitrogen and oxygen atoms in total. The molecule has 3 heteroatoms. The van der Waals surface area contributed by atoms with Crippen LogP contribution in [-0.4, -0.2) is 29.3 Å². The molecule has 3 fully saturated rings. The Morgan fingerprint density at radius 3 is 2.56 bits per heavy atom. The van der Waals surface area contributed by atoms with E-state index in [0.29, 0.717) is 23.9 Å². The molecule has 0 radical (unpaired) electrons. The van der Waals surface area contributed by atoms with Crippen molar-refractivity contribution in [2.75, 3.05) is 0 Å². The van der Waals surface area contributed by atoms with Crippen LogP contribution in [0.4, 0.5) is 0 Å². The van der Waals surface area contributed by atoms with Gasteiger partial charge in [-0.15, -0.1) is 0 Å². The second-order valence-corrected chi connectivity index (χ2v) is 5.98. The molecule has 0 spiro atoms. The van der Waals surface area contributed by atoms with Gasteiger partial charge in [0.25, 0.3) is 0 Å². The summed E-state index contributed by atoms with van der Waals surface area (Å²) >= 11 is 0. The van der Waals surface area contributed by atoms with Crippen LogP contribution in [0.15, 0.2) is 0 Å². The third-order valence-electron chi connectivity index (χ3n) is 5.11. The number of nitrogens with one attached hydrogen (secondary N) is 1. The average Bonchev–Trinajstić information content (AvgIpc) is 2.29. The summed E-state index contributed by atoms with van der Waals surface area (Å²) in [6.07, 6.45) is 8.37. The summed E-state index contributed by atoms with van der Waals surface area (Å²) in [6.45, 7) is 0. The van der Waals surface area contributed by atoms with Gasteiger partial charge in [-0.25, -0.2) is 0 Å². The average molecular weight is 224 g/mol. The van der Waals surface area contributed by atoms with Crippen LogP contribution in [0.5, 0.6) is 0 Å². The minimum Gasteiger partial charge on any atom is -0.393 e. The van der Waals surface area contributed by atoms with E-state index >= 15 is 0 Å². The molecule has 3 rings (SSSR count). The quantitative estimate of drug-likeness (QED) is 0.575. The molecule has 1 saturated heterocycles. The predicted molar refractivity (Wildman–Crippen MR) is 64.0 cm³/mol. The van der Waals surface area contributed by atoms with Gasteiger partial charge < -0.3 is 16.2 Å². The third-order valence-corrected chi connectivity index (χ3v) is 5.11. The van der Waals surface area contributed by atoms with Gasteiger partial charge >= 0.3 is 0 Å². The number of fused-ring (bicyclic) bond motifs is 2. The van der Waals surface area contributed by atoms with Gasteiger partial charge in [0.2, 0.25) is 0 Å². The van der Waals surface area contributed by atoms with Crippen LogP contribution in [0.2, 0.25) is 0 Å². The summed E-state index contributed by atoms with van der Waals surface area (Å²) in [5.74, 6) is 0.927. The number of aliphatic hydroxyl groups excluding tert-OH is 1. The number of rotatable bonds is 0. The monoisotopic (exact) mass is 224 g/mol. The largest absolute Gasteiger partial charge is 0.393 e. The van der Waals surface area contributed by atoms with E-state index in [9.17, 15) is 5.11 Å². The highest BCUT2D eigenvalue weighted by Crippen LogP contribution is 2.39. The molecule has 3 aliphatic rings. The molecule has 1 heterocycles. The van der Waals surface area contributed by atoms with Crippen molar-refractivity contribution < 1.29 is 5.11 Å². The maximum atomic E-state index is 10.1. The normalized spacial score (nSPS) is 52.9. The van der Waals surface area contributed by atoms with Gasteiger partial charge in [0.05, 0.1) is 6.10 Å². The van der Waals surface area contributed by atoms with Crippen LogP contribution in [0.1, 0.15) is 44.9 Å². The molecule has 2 saturated carbocycles. The van der Waals surface area contributed by atoms with Gasteiger partial charge in [0.1, 0.15) is 0 Å². The second-order valence-electron chi connectivity index (χ2n) is 5.98. The minimum absolute atomic E-state index is 0.163. The van der Waals surface area contributed by atoms with E-state index in [1.807, 2.05) is 0 Å². The van der Waals surface area contributed by atoms with Crippen LogP contribution >= 0.6 is 0 Å². The van der Waals surface area contributed by atoms with Crippen molar-refractivity contribution in [1.82, 2.24) is 5.32 Å². The summed E-state index contributed by atoms with van der Waals surface area (Å²) < 4.78 is 0. The van der Waals surface area contributed by atoms with Gasteiger partial charge in [-0.05, 0) is 38.0 Å². The van der Waals surface area contributed by atoms with Crippen LogP contribution in [0, 0.1) is 11.8 Å². The van der Waals surface area contributed by atoms with E-state index in [4.69, 9.17) is 5.73 Å². The zero-order valence-electron chi connectivity index (χ0n) is 9.94. The van der Waals surface area contributed by atoms with Gasteiger partial charge in [0, 0.05) is 24.0 Å². The van der Waals surface area contributed by atoms with E-state index in [-0.39, 0.29) is 12.1 Å². The lowest BCUT2D eigenvalue weighted by molar-refractivity contribution is -0.0207. The lowest BCUT2D eigenvalue weighted by Gasteiger charge is -2.52. The molecule has 0 aromatic rings. The van der Waals surface area contributed by atoms with E-state index in [2.05, 4.69) is 5.32 Å². The first kappa shape index (κ1) is 11.0. The van der Waals surface area contributed by atoms with Gasteiger partial charge in [0.15, 0.2) is 0 Å². The second kappa shape index (κ2) is 4.28. The Morgan fingerprint density at radius 2 is 1.69 bits per heavy atom. The van der Waals surface area contributed by atoms with E-state index in [1.54, 1.807) is 0 Å². The minimum atomic E-state index is -0.163. The highest BCUT2D eigenvalue weighted by molar-refractivity contribution is 5.04.